The van der Waals surface area contributed by atoms with Crippen molar-refractivity contribution in [2.75, 3.05) is 11.3 Å². The SMILES string of the molecule is O=C(NCC(F)(F)F)c1ccc(NS(=O)(=O)c2cc(Cl)ccc2Cl)cc1. The molecule has 26 heavy (non-hydrogen) atoms. The topological polar surface area (TPSA) is 75.3 Å². The lowest BCUT2D eigenvalue weighted by atomic mass is 10.2. The fraction of sp³-hybridized carbons (Fsp3) is 0.133. The fourth-order valence-electron chi connectivity index (χ4n) is 1.87. The van der Waals surface area contributed by atoms with Gasteiger partial charge in [0.25, 0.3) is 15.9 Å². The molecule has 0 spiro atoms. The smallest absolute Gasteiger partial charge is 0.343 e. The van der Waals surface area contributed by atoms with E-state index in [1.165, 1.54) is 42.5 Å². The molecule has 0 atom stereocenters. The number of benzene rings is 2. The van der Waals surface area contributed by atoms with Gasteiger partial charge in [-0.25, -0.2) is 8.42 Å². The lowest BCUT2D eigenvalue weighted by molar-refractivity contribution is -0.123. The van der Waals surface area contributed by atoms with E-state index in [4.69, 9.17) is 23.2 Å². The predicted molar refractivity (Wildman–Crippen MR) is 92.1 cm³/mol. The molecule has 0 saturated carbocycles. The molecule has 0 aliphatic rings. The van der Waals surface area contributed by atoms with E-state index in [0.29, 0.717) is 0 Å². The number of alkyl halides is 3. The molecule has 2 aromatic carbocycles. The van der Waals surface area contributed by atoms with Crippen LogP contribution in [-0.4, -0.2) is 27.0 Å². The molecule has 2 rings (SSSR count). The van der Waals surface area contributed by atoms with Gasteiger partial charge in [0, 0.05) is 16.3 Å². The van der Waals surface area contributed by atoms with Crippen LogP contribution in [0.3, 0.4) is 0 Å². The molecule has 2 N–H and O–H groups in total. The van der Waals surface area contributed by atoms with Gasteiger partial charge in [-0.15, -0.1) is 0 Å². The van der Waals surface area contributed by atoms with Crippen molar-refractivity contribution in [1.29, 1.82) is 0 Å². The Kier molecular flexibility index (Phi) is 6.05. The highest BCUT2D eigenvalue weighted by Gasteiger charge is 2.28. The highest BCUT2D eigenvalue weighted by molar-refractivity contribution is 7.92. The van der Waals surface area contributed by atoms with Crippen molar-refractivity contribution >= 4 is 44.8 Å². The van der Waals surface area contributed by atoms with Gasteiger partial charge in [-0.1, -0.05) is 23.2 Å². The molecule has 11 heteroatoms. The third-order valence-corrected chi connectivity index (χ3v) is 5.13. The van der Waals surface area contributed by atoms with Gasteiger partial charge in [0.2, 0.25) is 0 Å². The minimum Gasteiger partial charge on any atom is -0.343 e. The fourth-order valence-corrected chi connectivity index (χ4v) is 3.69. The summed E-state index contributed by atoms with van der Waals surface area (Å²) >= 11 is 11.6. The molecule has 0 heterocycles. The largest absolute Gasteiger partial charge is 0.405 e. The molecule has 140 valence electrons. The lowest BCUT2D eigenvalue weighted by Gasteiger charge is -2.11. The number of rotatable bonds is 5. The second-order valence-corrected chi connectivity index (χ2v) is 7.55. The summed E-state index contributed by atoms with van der Waals surface area (Å²) in [4.78, 5) is 11.4. The summed E-state index contributed by atoms with van der Waals surface area (Å²) in [6.45, 7) is -1.46. The van der Waals surface area contributed by atoms with E-state index >= 15 is 0 Å². The first-order chi connectivity index (χ1) is 12.0. The third-order valence-electron chi connectivity index (χ3n) is 3.03. The van der Waals surface area contributed by atoms with Crippen LogP contribution in [0.1, 0.15) is 10.4 Å². The van der Waals surface area contributed by atoms with Crippen LogP contribution >= 0.6 is 23.2 Å². The van der Waals surface area contributed by atoms with Gasteiger partial charge in [-0.05, 0) is 42.5 Å². The maximum atomic E-state index is 12.3. The van der Waals surface area contributed by atoms with Crippen LogP contribution in [0.25, 0.3) is 0 Å². The first kappa shape index (κ1) is 20.3. The van der Waals surface area contributed by atoms with Crippen molar-refractivity contribution in [2.24, 2.45) is 0 Å². The second-order valence-electron chi connectivity index (χ2n) is 5.06. The summed E-state index contributed by atoms with van der Waals surface area (Å²) in [6.07, 6.45) is -4.53. The quantitative estimate of drug-likeness (QED) is 0.755. The predicted octanol–water partition coefficient (Wildman–Crippen LogP) is 4.09. The third kappa shape index (κ3) is 5.52. The molecule has 0 bridgehead atoms. The Morgan fingerprint density at radius 3 is 2.23 bits per heavy atom. The Balaban J connectivity index is 2.13. The van der Waals surface area contributed by atoms with E-state index in [-0.39, 0.29) is 26.2 Å². The Labute approximate surface area is 157 Å². The number of amides is 1. The number of hydrogen-bond acceptors (Lipinski definition) is 3. The molecule has 0 aliphatic carbocycles. The minimum atomic E-state index is -4.53. The van der Waals surface area contributed by atoms with Crippen LogP contribution in [0.15, 0.2) is 47.4 Å². The van der Waals surface area contributed by atoms with Crippen molar-refractivity contribution in [2.45, 2.75) is 11.1 Å². The van der Waals surface area contributed by atoms with Crippen LogP contribution in [-0.2, 0) is 10.0 Å². The van der Waals surface area contributed by atoms with Gasteiger partial charge >= 0.3 is 6.18 Å². The number of sulfonamides is 1. The first-order valence-corrected chi connectivity index (χ1v) is 9.15. The molecule has 0 fully saturated rings. The first-order valence-electron chi connectivity index (χ1n) is 6.91. The zero-order valence-corrected chi connectivity index (χ0v) is 15.1. The second kappa shape index (κ2) is 7.73. The van der Waals surface area contributed by atoms with E-state index in [1.54, 1.807) is 5.32 Å². The van der Waals surface area contributed by atoms with E-state index < -0.39 is 28.7 Å². The molecular formula is C15H11Cl2F3N2O3S. The molecule has 0 unspecified atom stereocenters. The van der Waals surface area contributed by atoms with Crippen molar-refractivity contribution < 1.29 is 26.4 Å². The normalized spacial score (nSPS) is 11.9. The van der Waals surface area contributed by atoms with Crippen LogP contribution < -0.4 is 10.0 Å². The Hall–Kier alpha value is -1.97. The minimum absolute atomic E-state index is 0.0370. The molecule has 0 aliphatic heterocycles. The van der Waals surface area contributed by atoms with Crippen LogP contribution in [0.2, 0.25) is 10.0 Å². The molecule has 0 aromatic heterocycles. The van der Waals surface area contributed by atoms with Gasteiger partial charge in [0.1, 0.15) is 11.4 Å². The number of carbonyl (C=O) groups is 1. The summed E-state index contributed by atoms with van der Waals surface area (Å²) in [6, 6.07) is 8.76. The number of nitrogens with one attached hydrogen (secondary N) is 2. The average Bonchev–Trinajstić information content (AvgIpc) is 2.54. The Bertz CT molecular complexity index is 917. The Morgan fingerprint density at radius 1 is 1.04 bits per heavy atom. The number of halogens is 5. The number of anilines is 1. The van der Waals surface area contributed by atoms with Gasteiger partial charge in [-0.2, -0.15) is 13.2 Å². The van der Waals surface area contributed by atoms with Crippen molar-refractivity contribution in [1.82, 2.24) is 5.32 Å². The van der Waals surface area contributed by atoms with Crippen molar-refractivity contribution in [3.8, 4) is 0 Å². The summed E-state index contributed by atoms with van der Waals surface area (Å²) in [5, 5.41) is 1.85. The average molecular weight is 427 g/mol. The Morgan fingerprint density at radius 2 is 1.65 bits per heavy atom. The summed E-state index contributed by atoms with van der Waals surface area (Å²) in [5.74, 6) is -0.936. The zero-order valence-electron chi connectivity index (χ0n) is 12.8. The van der Waals surface area contributed by atoms with Crippen LogP contribution in [0.5, 0.6) is 0 Å². The van der Waals surface area contributed by atoms with E-state index in [0.717, 1.165) is 0 Å². The highest BCUT2D eigenvalue weighted by atomic mass is 35.5. The molecule has 1 amide bonds. The monoisotopic (exact) mass is 426 g/mol. The van der Waals surface area contributed by atoms with Crippen LogP contribution in [0, 0.1) is 0 Å². The molecule has 0 radical (unpaired) electrons. The maximum absolute atomic E-state index is 12.3. The maximum Gasteiger partial charge on any atom is 0.405 e. The highest BCUT2D eigenvalue weighted by Crippen LogP contribution is 2.27. The lowest BCUT2D eigenvalue weighted by Crippen LogP contribution is -2.33. The van der Waals surface area contributed by atoms with Gasteiger partial charge < -0.3 is 5.32 Å². The van der Waals surface area contributed by atoms with Crippen molar-refractivity contribution in [3.05, 3.63) is 58.1 Å². The van der Waals surface area contributed by atoms with Gasteiger partial charge in [0.05, 0.1) is 5.02 Å². The molecule has 5 nitrogen and oxygen atoms in total. The zero-order chi connectivity index (χ0) is 19.5. The molecule has 2 aromatic rings. The summed E-state index contributed by atoms with van der Waals surface area (Å²) < 4.78 is 63.2. The summed E-state index contributed by atoms with van der Waals surface area (Å²) in [7, 11) is -4.04. The van der Waals surface area contributed by atoms with Crippen LogP contribution in [0.4, 0.5) is 18.9 Å². The van der Waals surface area contributed by atoms with E-state index in [9.17, 15) is 26.4 Å². The van der Waals surface area contributed by atoms with E-state index in [1.807, 2.05) is 0 Å². The number of carbonyl (C=O) groups excluding carboxylic acids is 1. The molecular weight excluding hydrogens is 416 g/mol. The summed E-state index contributed by atoms with van der Waals surface area (Å²) in [5.41, 5.74) is 0.0337. The number of hydrogen-bond donors (Lipinski definition) is 2. The van der Waals surface area contributed by atoms with Gasteiger partial charge in [-0.3, -0.25) is 9.52 Å². The standard InChI is InChI=1S/C15H11Cl2F3N2O3S/c16-10-3-6-12(17)13(7-10)26(24,25)22-11-4-1-9(2-5-11)14(23)21-8-15(18,19)20/h1-7,22H,8H2,(H,21,23). The van der Waals surface area contributed by atoms with E-state index in [2.05, 4.69) is 4.72 Å². The molecule has 0 saturated heterocycles. The van der Waals surface area contributed by atoms with Gasteiger partial charge in [0.15, 0.2) is 0 Å². The van der Waals surface area contributed by atoms with Crippen molar-refractivity contribution in [3.63, 3.8) is 0 Å².